The Balaban J connectivity index is 0.000000297. The maximum Gasteiger partial charge on any atom is 0.0342 e. The average molecular weight is 374 g/mol. The van der Waals surface area contributed by atoms with Crippen LogP contribution in [-0.2, 0) is 0 Å². The fraction of sp³-hybridized carbons (Fsp3) is 0.176. The maximum atomic E-state index is 2.36. The molecule has 2 heteroatoms. The first-order chi connectivity index (χ1) is 9.16. The second-order valence-electron chi connectivity index (χ2n) is 5.04. The predicted molar refractivity (Wildman–Crippen MR) is 90.6 cm³/mol. The third-order valence-electron chi connectivity index (χ3n) is 2.56. The minimum Gasteiger partial charge on any atom is -0.144 e. The number of thiophene rings is 1. The Morgan fingerprint density at radius 3 is 2.11 bits per heavy atom. The van der Waals surface area contributed by atoms with E-state index in [0.717, 1.165) is 0 Å². The smallest absolute Gasteiger partial charge is 0.0342 e. The summed E-state index contributed by atoms with van der Waals surface area (Å²) in [6, 6.07) is 19.3. The molecule has 0 spiro atoms. The predicted octanol–water partition coefficient (Wildman–Crippen LogP) is 5.94. The summed E-state index contributed by atoms with van der Waals surface area (Å²) < 4.78 is 0. The summed E-state index contributed by atoms with van der Waals surface area (Å²) in [5, 5.41) is 4.73. The molecule has 3 rings (SSSR count). The van der Waals surface area contributed by atoms with Crippen LogP contribution in [0.4, 0.5) is 0 Å². The Hall–Kier alpha value is -0.801. The van der Waals surface area contributed by atoms with Gasteiger partial charge in [-0.2, -0.15) is 0 Å². The summed E-state index contributed by atoms with van der Waals surface area (Å²) in [5.41, 5.74) is 1.31. The van der Waals surface area contributed by atoms with Crippen LogP contribution in [0.2, 0.25) is 14.8 Å². The zero-order chi connectivity index (χ0) is 13.7. The molecular weight excluding hydrogens is 355 g/mol. The van der Waals surface area contributed by atoms with Gasteiger partial charge in [0.15, 0.2) is 0 Å². The molecule has 0 bridgehead atoms. The van der Waals surface area contributed by atoms with Crippen LogP contribution in [0, 0.1) is 0 Å². The summed E-state index contributed by atoms with van der Waals surface area (Å²) in [7, 11) is 0. The number of benzene rings is 2. The molecule has 0 N–H and O–H groups in total. The first kappa shape index (κ1) is 14.6. The average Bonchev–Trinajstić information content (AvgIpc) is 2.91. The van der Waals surface area contributed by atoms with E-state index < -0.39 is 19.8 Å². The zero-order valence-corrected chi connectivity index (χ0v) is 15.4. The Morgan fingerprint density at radius 2 is 1.47 bits per heavy atom. The van der Waals surface area contributed by atoms with E-state index in [2.05, 4.69) is 74.8 Å². The van der Waals surface area contributed by atoms with Crippen LogP contribution >= 0.6 is 11.3 Å². The van der Waals surface area contributed by atoms with Crippen molar-refractivity contribution in [3.05, 3.63) is 60.0 Å². The molecule has 1 radical (unpaired) electrons. The molecule has 0 amide bonds. The fourth-order valence-corrected chi connectivity index (χ4v) is 2.51. The summed E-state index contributed by atoms with van der Waals surface area (Å²) in [5.74, 6) is 0. The molecule has 2 aromatic carbocycles. The maximum absolute atomic E-state index is 2.36. The zero-order valence-electron chi connectivity index (χ0n) is 11.7. The molecule has 0 nitrogen and oxygen atoms in total. The number of hydrogen-bond acceptors (Lipinski definition) is 1. The van der Waals surface area contributed by atoms with Crippen molar-refractivity contribution in [2.75, 3.05) is 0 Å². The van der Waals surface area contributed by atoms with Gasteiger partial charge >= 0.3 is 34.6 Å². The van der Waals surface area contributed by atoms with E-state index in [0.29, 0.717) is 0 Å². The van der Waals surface area contributed by atoms with E-state index in [1.165, 1.54) is 21.2 Å². The number of rotatable bonds is 1. The number of fused-ring (bicyclic) bond motifs is 1. The molecule has 3 aromatic rings. The van der Waals surface area contributed by atoms with Crippen molar-refractivity contribution in [3.8, 4) is 10.4 Å². The number of hydrogen-bond donors (Lipinski definition) is 0. The van der Waals surface area contributed by atoms with Crippen LogP contribution in [0.5, 0.6) is 0 Å². The molecule has 1 heterocycles. The Labute approximate surface area is 126 Å². The Bertz CT molecular complexity index is 624. The summed E-state index contributed by atoms with van der Waals surface area (Å²) >= 11 is 1.24. The molecule has 19 heavy (non-hydrogen) atoms. The summed E-state index contributed by atoms with van der Waals surface area (Å²) in [6.45, 7) is 0. The minimum atomic E-state index is -0.543. The van der Waals surface area contributed by atoms with E-state index in [1.54, 1.807) is 11.3 Å². The van der Waals surface area contributed by atoms with E-state index in [4.69, 9.17) is 0 Å². The van der Waals surface area contributed by atoms with Gasteiger partial charge in [0.1, 0.15) is 0 Å². The van der Waals surface area contributed by atoms with Crippen LogP contribution < -0.4 is 0 Å². The third kappa shape index (κ3) is 4.36. The third-order valence-corrected chi connectivity index (χ3v) is 3.47. The molecule has 0 aliphatic rings. The molecule has 0 saturated carbocycles. The van der Waals surface area contributed by atoms with E-state index in [-0.39, 0.29) is 0 Å². The van der Waals surface area contributed by atoms with Crippen molar-refractivity contribution < 1.29 is 0 Å². The molecule has 0 atom stereocenters. The van der Waals surface area contributed by atoms with Gasteiger partial charge in [0.25, 0.3) is 0 Å². The van der Waals surface area contributed by atoms with E-state index >= 15 is 0 Å². The van der Waals surface area contributed by atoms with Crippen molar-refractivity contribution in [2.45, 2.75) is 14.8 Å². The second-order valence-corrected chi connectivity index (χ2v) is 14.5. The van der Waals surface area contributed by atoms with Crippen molar-refractivity contribution >= 4 is 41.9 Å². The second kappa shape index (κ2) is 7.11. The van der Waals surface area contributed by atoms with Crippen LogP contribution in [0.1, 0.15) is 0 Å². The summed E-state index contributed by atoms with van der Waals surface area (Å²) in [6.07, 6.45) is 0. The topological polar surface area (TPSA) is 0 Å². The van der Waals surface area contributed by atoms with Gasteiger partial charge in [-0.25, -0.2) is 0 Å². The SMILES string of the molecule is [CH3][Sn]([CH3])[CH3].c1csc(-c2ccc3ccccc3c2)c1. The van der Waals surface area contributed by atoms with Gasteiger partial charge in [0.05, 0.1) is 0 Å². The van der Waals surface area contributed by atoms with Crippen molar-refractivity contribution in [3.63, 3.8) is 0 Å². The normalized spacial score (nSPS) is 10.3. The van der Waals surface area contributed by atoms with Crippen LogP contribution in [0.3, 0.4) is 0 Å². The van der Waals surface area contributed by atoms with Gasteiger partial charge in [0.2, 0.25) is 0 Å². The minimum absolute atomic E-state index is 0.543. The molecule has 97 valence electrons. The van der Waals surface area contributed by atoms with Gasteiger partial charge < -0.3 is 0 Å². The van der Waals surface area contributed by atoms with E-state index in [9.17, 15) is 0 Å². The van der Waals surface area contributed by atoms with Crippen LogP contribution in [0.15, 0.2) is 60.0 Å². The van der Waals surface area contributed by atoms with Gasteiger partial charge in [-0.1, -0.05) is 42.5 Å². The van der Waals surface area contributed by atoms with Gasteiger partial charge in [-0.3, -0.25) is 0 Å². The monoisotopic (exact) mass is 375 g/mol. The fourth-order valence-electron chi connectivity index (χ4n) is 1.79. The van der Waals surface area contributed by atoms with Crippen molar-refractivity contribution in [1.82, 2.24) is 0 Å². The Morgan fingerprint density at radius 1 is 0.789 bits per heavy atom. The first-order valence-electron chi connectivity index (χ1n) is 6.46. The molecule has 0 fully saturated rings. The molecule has 1 aromatic heterocycles. The van der Waals surface area contributed by atoms with Crippen molar-refractivity contribution in [1.29, 1.82) is 0 Å². The Kier molecular flexibility index (Phi) is 5.46. The quantitative estimate of drug-likeness (QED) is 0.463. The van der Waals surface area contributed by atoms with Crippen molar-refractivity contribution in [2.24, 2.45) is 0 Å². The molecule has 0 saturated heterocycles. The first-order valence-corrected chi connectivity index (χ1v) is 15.9. The molecule has 0 unspecified atom stereocenters. The molecule has 0 aliphatic heterocycles. The van der Waals surface area contributed by atoms with Gasteiger partial charge in [-0.05, 0) is 33.8 Å². The van der Waals surface area contributed by atoms with Crippen LogP contribution in [0.25, 0.3) is 21.2 Å². The summed E-state index contributed by atoms with van der Waals surface area (Å²) in [4.78, 5) is 8.42. The molecule has 0 aliphatic carbocycles. The standard InChI is InChI=1S/C14H10S.3CH3.Sn/c1-2-5-12-10-13(8-7-11(12)4-1)14-6-3-9-15-14;;;;/h1-10H;3*1H3;. The van der Waals surface area contributed by atoms with Crippen LogP contribution in [-0.4, -0.2) is 19.8 Å². The van der Waals surface area contributed by atoms with Gasteiger partial charge in [0, 0.05) is 4.88 Å². The molecular formula is C17H19SSn. The van der Waals surface area contributed by atoms with E-state index in [1.807, 2.05) is 0 Å². The van der Waals surface area contributed by atoms with Gasteiger partial charge in [-0.15, -0.1) is 11.3 Å². The largest absolute Gasteiger partial charge is 0.144 e.